The first-order valence-corrected chi connectivity index (χ1v) is 7.91. The van der Waals surface area contributed by atoms with E-state index in [0.717, 1.165) is 36.8 Å². The van der Waals surface area contributed by atoms with Crippen LogP contribution < -0.4 is 4.90 Å². The van der Waals surface area contributed by atoms with Gasteiger partial charge in [0.15, 0.2) is 5.13 Å². The molecule has 2 aromatic rings. The van der Waals surface area contributed by atoms with Gasteiger partial charge in [0.2, 0.25) is 0 Å². The second-order valence-corrected chi connectivity index (χ2v) is 6.91. The standard InChI is InChI=1S/C15H18N2O2S/c18-9-15-8-17(7-11(15)5-6-19-10-15)14-16-12-3-1-2-4-13(12)20-14/h1-4,11,18H,5-10H2/t11-,15+/m0/s1. The van der Waals surface area contributed by atoms with Gasteiger partial charge in [0.1, 0.15) is 0 Å². The molecule has 4 nitrogen and oxygen atoms in total. The molecule has 2 aliphatic rings. The first kappa shape index (κ1) is 12.6. The van der Waals surface area contributed by atoms with Gasteiger partial charge in [-0.25, -0.2) is 4.98 Å². The van der Waals surface area contributed by atoms with Crippen molar-refractivity contribution >= 4 is 26.7 Å². The van der Waals surface area contributed by atoms with E-state index in [0.29, 0.717) is 12.5 Å². The van der Waals surface area contributed by atoms with E-state index in [1.54, 1.807) is 11.3 Å². The Balaban J connectivity index is 1.66. The van der Waals surface area contributed by atoms with E-state index < -0.39 is 0 Å². The molecule has 1 aromatic carbocycles. The van der Waals surface area contributed by atoms with Crippen LogP contribution in [0.25, 0.3) is 10.2 Å². The second kappa shape index (κ2) is 4.69. The van der Waals surface area contributed by atoms with Crippen LogP contribution in [0.5, 0.6) is 0 Å². The molecule has 2 fully saturated rings. The van der Waals surface area contributed by atoms with Gasteiger partial charge in [0, 0.05) is 25.1 Å². The number of nitrogens with zero attached hydrogens (tertiary/aromatic N) is 2. The summed E-state index contributed by atoms with van der Waals surface area (Å²) in [6.45, 7) is 3.55. The van der Waals surface area contributed by atoms with E-state index >= 15 is 0 Å². The maximum atomic E-state index is 9.83. The molecule has 2 aliphatic heterocycles. The molecular weight excluding hydrogens is 272 g/mol. The third kappa shape index (κ3) is 1.84. The number of hydrogen-bond acceptors (Lipinski definition) is 5. The summed E-state index contributed by atoms with van der Waals surface area (Å²) in [7, 11) is 0. The minimum absolute atomic E-state index is 0.0872. The van der Waals surface area contributed by atoms with Crippen LogP contribution in [0.2, 0.25) is 0 Å². The van der Waals surface area contributed by atoms with Crippen molar-refractivity contribution in [1.82, 2.24) is 4.98 Å². The highest BCUT2D eigenvalue weighted by Gasteiger charge is 2.48. The van der Waals surface area contributed by atoms with E-state index in [1.165, 1.54) is 4.70 Å². The highest BCUT2D eigenvalue weighted by Crippen LogP contribution is 2.43. The molecule has 0 radical (unpaired) electrons. The fourth-order valence-electron chi connectivity index (χ4n) is 3.46. The monoisotopic (exact) mass is 290 g/mol. The summed E-state index contributed by atoms with van der Waals surface area (Å²) in [6, 6.07) is 8.25. The summed E-state index contributed by atoms with van der Waals surface area (Å²) in [5.41, 5.74) is 0.979. The highest BCUT2D eigenvalue weighted by atomic mass is 32.1. The lowest BCUT2D eigenvalue weighted by Gasteiger charge is -2.36. The Morgan fingerprint density at radius 2 is 2.35 bits per heavy atom. The highest BCUT2D eigenvalue weighted by molar-refractivity contribution is 7.22. The third-order valence-electron chi connectivity index (χ3n) is 4.68. The Kier molecular flexibility index (Phi) is 2.94. The van der Waals surface area contributed by atoms with E-state index in [-0.39, 0.29) is 12.0 Å². The predicted molar refractivity (Wildman–Crippen MR) is 80.3 cm³/mol. The summed E-state index contributed by atoms with van der Waals surface area (Å²) in [5, 5.41) is 10.9. The molecule has 5 heteroatoms. The first-order chi connectivity index (χ1) is 9.81. The average Bonchev–Trinajstić information content (AvgIpc) is 3.08. The molecular formula is C15H18N2O2S. The quantitative estimate of drug-likeness (QED) is 0.920. The molecule has 0 amide bonds. The number of fused-ring (bicyclic) bond motifs is 2. The third-order valence-corrected chi connectivity index (χ3v) is 5.78. The number of aromatic nitrogens is 1. The normalized spacial score (nSPS) is 29.9. The number of thiazole rings is 1. The number of ether oxygens (including phenoxy) is 1. The van der Waals surface area contributed by atoms with Crippen molar-refractivity contribution in [1.29, 1.82) is 0 Å². The van der Waals surface area contributed by atoms with Crippen LogP contribution >= 0.6 is 11.3 Å². The summed E-state index contributed by atoms with van der Waals surface area (Å²) in [6.07, 6.45) is 1.04. The zero-order valence-corrected chi connectivity index (χ0v) is 12.1. The maximum absolute atomic E-state index is 9.83. The van der Waals surface area contributed by atoms with Crippen molar-refractivity contribution in [3.63, 3.8) is 0 Å². The van der Waals surface area contributed by atoms with Gasteiger partial charge < -0.3 is 14.7 Å². The Labute approximate surface area is 122 Å². The fraction of sp³-hybridized carbons (Fsp3) is 0.533. The van der Waals surface area contributed by atoms with Gasteiger partial charge in [0.25, 0.3) is 0 Å². The van der Waals surface area contributed by atoms with E-state index in [9.17, 15) is 5.11 Å². The van der Waals surface area contributed by atoms with Crippen molar-refractivity contribution in [2.24, 2.45) is 11.3 Å². The lowest BCUT2D eigenvalue weighted by atomic mass is 9.76. The van der Waals surface area contributed by atoms with E-state index in [4.69, 9.17) is 9.72 Å². The number of benzene rings is 1. The van der Waals surface area contributed by atoms with Crippen LogP contribution in [-0.4, -0.2) is 43.0 Å². The zero-order valence-electron chi connectivity index (χ0n) is 11.3. The van der Waals surface area contributed by atoms with Crippen LogP contribution in [0.15, 0.2) is 24.3 Å². The molecule has 0 unspecified atom stereocenters. The zero-order chi connectivity index (χ0) is 13.6. The van der Waals surface area contributed by atoms with Gasteiger partial charge in [0.05, 0.1) is 23.4 Å². The Hall–Kier alpha value is -1.17. The molecule has 0 aliphatic carbocycles. The molecule has 0 saturated carbocycles. The van der Waals surface area contributed by atoms with Gasteiger partial charge in [-0.1, -0.05) is 23.5 Å². The number of anilines is 1. The first-order valence-electron chi connectivity index (χ1n) is 7.10. The molecule has 0 bridgehead atoms. The second-order valence-electron chi connectivity index (χ2n) is 5.90. The van der Waals surface area contributed by atoms with Crippen LogP contribution in [-0.2, 0) is 4.74 Å². The van der Waals surface area contributed by atoms with Gasteiger partial charge in [-0.05, 0) is 24.5 Å². The van der Waals surface area contributed by atoms with Gasteiger partial charge in [-0.2, -0.15) is 0 Å². The fourth-order valence-corrected chi connectivity index (χ4v) is 4.43. The number of aliphatic hydroxyl groups is 1. The van der Waals surface area contributed by atoms with Crippen molar-refractivity contribution in [3.8, 4) is 0 Å². The minimum atomic E-state index is -0.0872. The smallest absolute Gasteiger partial charge is 0.186 e. The largest absolute Gasteiger partial charge is 0.396 e. The molecule has 0 spiro atoms. The number of para-hydroxylation sites is 1. The lowest BCUT2D eigenvalue weighted by Crippen LogP contribution is -2.42. The molecule has 4 rings (SSSR count). The summed E-state index contributed by atoms with van der Waals surface area (Å²) in [4.78, 5) is 7.07. The topological polar surface area (TPSA) is 45.6 Å². The van der Waals surface area contributed by atoms with Crippen molar-refractivity contribution < 1.29 is 9.84 Å². The number of rotatable bonds is 2. The van der Waals surface area contributed by atoms with Gasteiger partial charge in [-0.15, -0.1) is 0 Å². The molecule has 106 valence electrons. The Bertz CT molecular complexity index is 596. The number of aliphatic hydroxyl groups excluding tert-OH is 1. The summed E-state index contributed by atoms with van der Waals surface area (Å²) < 4.78 is 6.85. The van der Waals surface area contributed by atoms with E-state index in [1.807, 2.05) is 6.07 Å². The minimum Gasteiger partial charge on any atom is -0.396 e. The molecule has 1 aromatic heterocycles. The van der Waals surface area contributed by atoms with E-state index in [2.05, 4.69) is 23.1 Å². The van der Waals surface area contributed by atoms with Crippen LogP contribution in [0.4, 0.5) is 5.13 Å². The molecule has 2 atom stereocenters. The van der Waals surface area contributed by atoms with Crippen molar-refractivity contribution in [2.45, 2.75) is 6.42 Å². The predicted octanol–water partition coefficient (Wildman–Crippen LogP) is 2.13. The Morgan fingerprint density at radius 1 is 1.45 bits per heavy atom. The van der Waals surface area contributed by atoms with Crippen LogP contribution in [0, 0.1) is 11.3 Å². The molecule has 1 N–H and O–H groups in total. The van der Waals surface area contributed by atoms with Gasteiger partial charge in [-0.3, -0.25) is 0 Å². The van der Waals surface area contributed by atoms with Crippen molar-refractivity contribution in [2.75, 3.05) is 37.8 Å². The molecule has 3 heterocycles. The van der Waals surface area contributed by atoms with Crippen LogP contribution in [0.3, 0.4) is 0 Å². The van der Waals surface area contributed by atoms with Crippen LogP contribution in [0.1, 0.15) is 6.42 Å². The summed E-state index contributed by atoms with van der Waals surface area (Å²) in [5.74, 6) is 0.522. The average molecular weight is 290 g/mol. The number of hydrogen-bond donors (Lipinski definition) is 1. The maximum Gasteiger partial charge on any atom is 0.186 e. The molecule has 20 heavy (non-hydrogen) atoms. The molecule has 2 saturated heterocycles. The summed E-state index contributed by atoms with van der Waals surface area (Å²) >= 11 is 1.74. The van der Waals surface area contributed by atoms with Gasteiger partial charge >= 0.3 is 0 Å². The van der Waals surface area contributed by atoms with Crippen molar-refractivity contribution in [3.05, 3.63) is 24.3 Å². The lowest BCUT2D eigenvalue weighted by molar-refractivity contribution is -0.0543. The Morgan fingerprint density at radius 3 is 3.15 bits per heavy atom. The SMILES string of the molecule is OC[C@]12COCC[C@H]1CN(c1nc3ccccc3s1)C2.